The smallest absolute Gasteiger partial charge is 0.397 e. The Hall–Kier alpha value is -2.09. The maximum atomic E-state index is 12.3. The summed E-state index contributed by atoms with van der Waals surface area (Å²) in [5.41, 5.74) is -4.96. The molecular weight excluding hydrogens is 1090 g/mol. The van der Waals surface area contributed by atoms with Crippen LogP contribution in [0.2, 0.25) is 0 Å². The van der Waals surface area contributed by atoms with Gasteiger partial charge in [-0.05, 0) is 84.6 Å². The molecule has 5 N–H and O–H groups in total. The molecule has 452 valence electrons. The zero-order valence-corrected chi connectivity index (χ0v) is 48.0. The van der Waals surface area contributed by atoms with Gasteiger partial charge in [-0.25, -0.2) is 8.37 Å². The molecular formula is C55H82O23S2. The molecule has 25 heteroatoms. The van der Waals surface area contributed by atoms with E-state index < -0.39 is 147 Å². The first-order chi connectivity index (χ1) is 37.4. The zero-order chi connectivity index (χ0) is 57.3. The van der Waals surface area contributed by atoms with Crippen molar-refractivity contribution in [1.82, 2.24) is 0 Å². The molecule has 0 unspecified atom stereocenters. The predicted molar refractivity (Wildman–Crippen MR) is 278 cm³/mol. The van der Waals surface area contributed by atoms with Gasteiger partial charge >= 0.3 is 26.8 Å². The van der Waals surface area contributed by atoms with E-state index in [4.69, 9.17) is 60.8 Å². The first-order valence-corrected chi connectivity index (χ1v) is 31.4. The molecule has 27 atom stereocenters. The van der Waals surface area contributed by atoms with E-state index in [0.717, 1.165) is 6.42 Å². The molecule has 0 aromatic carbocycles. The molecule has 11 rings (SSSR count). The van der Waals surface area contributed by atoms with Gasteiger partial charge in [0.1, 0.15) is 35.6 Å². The van der Waals surface area contributed by atoms with Crippen molar-refractivity contribution in [2.24, 2.45) is 11.8 Å². The van der Waals surface area contributed by atoms with Crippen LogP contribution in [-0.4, -0.2) is 204 Å². The van der Waals surface area contributed by atoms with Crippen LogP contribution in [0.15, 0.2) is 37.0 Å². The maximum Gasteiger partial charge on any atom is 0.397 e. The first-order valence-electron chi connectivity index (χ1n) is 28.6. The van der Waals surface area contributed by atoms with Gasteiger partial charge in [0.2, 0.25) is 0 Å². The van der Waals surface area contributed by atoms with Crippen molar-refractivity contribution >= 4 is 26.8 Å². The number of carboxylic acids is 1. The van der Waals surface area contributed by atoms with Crippen molar-refractivity contribution in [3.05, 3.63) is 37.0 Å². The van der Waals surface area contributed by atoms with E-state index >= 15 is 0 Å². The maximum absolute atomic E-state index is 12.3. The van der Waals surface area contributed by atoms with Crippen molar-refractivity contribution in [2.75, 3.05) is 6.61 Å². The van der Waals surface area contributed by atoms with Crippen molar-refractivity contribution in [3.63, 3.8) is 0 Å². The monoisotopic (exact) mass is 1170 g/mol. The molecule has 0 radical (unpaired) electrons. The number of allylic oxidation sites excluding steroid dienone is 1. The summed E-state index contributed by atoms with van der Waals surface area (Å²) in [7, 11) is -9.75. The minimum absolute atomic E-state index is 0.00733. The lowest BCUT2D eigenvalue weighted by molar-refractivity contribution is -0.369. The lowest BCUT2D eigenvalue weighted by atomic mass is 9.73. The van der Waals surface area contributed by atoms with Crippen molar-refractivity contribution in [1.29, 1.82) is 0 Å². The highest BCUT2D eigenvalue weighted by molar-refractivity contribution is 7.81. The summed E-state index contributed by atoms with van der Waals surface area (Å²) in [6.07, 6.45) is -0.633. The SMILES string of the molecule is C=CC[C@H](/C=C/[C@@](C)(O)[C@H]1O[C@@H]2C[C@@H]3O[C@@H]4C[C@@H]5O[C@@H]6C[C@@H]7O[C@@H]8C[C@@H]9O[C@@H]%10C[C@@H]%11O[C@](C)(CCOS(=O)(=O)O)[C@@H](OS(=O)(=O)O)C[C@H]%11O[C@H]%10C[C@H]9O[C@H]8CC[C@@]7(C)O[C@@]6(C)CC[C@H](C)[C@H]5O[C@H]4[C@@H](O)[C@@]3(C)O[C@H]2CC1=C)C(=O)O. The van der Waals surface area contributed by atoms with E-state index in [1.54, 1.807) is 6.92 Å². The highest BCUT2D eigenvalue weighted by atomic mass is 32.3. The second-order valence-electron chi connectivity index (χ2n) is 25.9. The Kier molecular flexibility index (Phi) is 16.2. The summed E-state index contributed by atoms with van der Waals surface area (Å²) in [4.78, 5) is 11.9. The van der Waals surface area contributed by atoms with Gasteiger partial charge in [-0.1, -0.05) is 31.7 Å². The molecule has 0 amide bonds. The fraction of sp³-hybridized carbons (Fsp3) is 0.873. The third-order valence-electron chi connectivity index (χ3n) is 20.0. The quantitative estimate of drug-likeness (QED) is 0.135. The Labute approximate surface area is 468 Å². The van der Waals surface area contributed by atoms with Crippen molar-refractivity contribution in [3.8, 4) is 0 Å². The molecule has 0 aliphatic carbocycles. The third-order valence-corrected chi connectivity index (χ3v) is 20.9. The van der Waals surface area contributed by atoms with Gasteiger partial charge in [0.25, 0.3) is 0 Å². The molecule has 11 heterocycles. The largest absolute Gasteiger partial charge is 0.481 e. The van der Waals surface area contributed by atoms with Crippen LogP contribution in [0.1, 0.15) is 131 Å². The van der Waals surface area contributed by atoms with E-state index in [1.807, 2.05) is 6.92 Å². The van der Waals surface area contributed by atoms with Gasteiger partial charge in [-0.15, -0.1) is 6.58 Å². The Morgan fingerprint density at radius 3 is 1.91 bits per heavy atom. The van der Waals surface area contributed by atoms with E-state index in [9.17, 15) is 41.5 Å². The van der Waals surface area contributed by atoms with Crippen LogP contribution in [0, 0.1) is 11.8 Å². The van der Waals surface area contributed by atoms with Gasteiger partial charge < -0.3 is 67.4 Å². The van der Waals surface area contributed by atoms with E-state index in [1.165, 1.54) is 25.2 Å². The number of ether oxygens (including phenoxy) is 11. The number of aliphatic hydroxyl groups excluding tert-OH is 1. The lowest BCUT2D eigenvalue weighted by Crippen LogP contribution is -2.74. The van der Waals surface area contributed by atoms with Crippen LogP contribution in [0.4, 0.5) is 0 Å². The number of rotatable bonds is 12. The molecule has 0 spiro atoms. The summed E-state index contributed by atoms with van der Waals surface area (Å²) in [6.45, 7) is 18.7. The van der Waals surface area contributed by atoms with Gasteiger partial charge in [0, 0.05) is 51.4 Å². The number of hydrogen-bond acceptors (Lipinski definition) is 20. The van der Waals surface area contributed by atoms with Gasteiger partial charge in [0.05, 0.1) is 127 Å². The number of aliphatic carboxylic acids is 1. The number of hydrogen-bond donors (Lipinski definition) is 5. The third kappa shape index (κ3) is 11.6. The van der Waals surface area contributed by atoms with Crippen LogP contribution in [0.3, 0.4) is 0 Å². The number of fused-ring (bicyclic) bond motifs is 10. The number of carbonyl (C=O) groups is 1. The average molecular weight is 1180 g/mol. The van der Waals surface area contributed by atoms with Crippen LogP contribution >= 0.6 is 0 Å². The standard InChI is InChI=1S/C55H82O23S2/c1-9-10-29(50(57)58)12-14-51(4,59)49-28(3)19-38-37(73-49)25-45-55(8,76-38)48(56)47-41(72-45)23-40-46(74-47)27(2)11-15-53(6)43(71-40)26-42-54(7,78-53)16-13-30-31(70-42)20-33-32(67-30)21-34-35(68-33)22-39-36(69-34)24-44(77-80(63,64)65)52(5,75-39)17-18-66-79(60,61)62/h9,12,14,27,29-49,56,59H,1,3,10-11,13,15-26H2,2,4-8H3,(H,57,58)(H,60,61,62)(H,63,64,65)/b14-12+/t27-,29+,30-,31+,32+,33-,34-,35+,36+,37+,38-,39-,40-,41+,42-,43+,44-,45-,46+,47+,48+,49-,51+,52+,53-,54+,55-/m0/s1. The molecule has 11 aliphatic rings. The van der Waals surface area contributed by atoms with E-state index in [2.05, 4.69) is 38.1 Å². The average Bonchev–Trinajstić information content (AvgIpc) is 3.67. The van der Waals surface area contributed by atoms with Crippen LogP contribution in [-0.2, 0) is 86.1 Å². The summed E-state index contributed by atoms with van der Waals surface area (Å²) >= 11 is 0. The fourth-order valence-corrected chi connectivity index (χ4v) is 16.4. The van der Waals surface area contributed by atoms with E-state index in [-0.39, 0.29) is 67.9 Å². The van der Waals surface area contributed by atoms with Gasteiger partial charge in [-0.2, -0.15) is 16.8 Å². The topological polar surface area (TPSA) is 306 Å². The highest BCUT2D eigenvalue weighted by Crippen LogP contribution is 2.54. The molecule has 0 saturated carbocycles. The molecule has 0 bridgehead atoms. The molecule has 11 aliphatic heterocycles. The minimum atomic E-state index is -4.96. The normalized spacial score (nSPS) is 50.4. The molecule has 80 heavy (non-hydrogen) atoms. The van der Waals surface area contributed by atoms with Crippen molar-refractivity contribution in [2.45, 2.75) is 282 Å². The van der Waals surface area contributed by atoms with E-state index in [0.29, 0.717) is 69.8 Å². The summed E-state index contributed by atoms with van der Waals surface area (Å²) in [5.74, 6) is -1.86. The van der Waals surface area contributed by atoms with Gasteiger partial charge in [0.15, 0.2) is 0 Å². The number of carboxylic acid groups (broad SMARTS) is 1. The van der Waals surface area contributed by atoms with Crippen LogP contribution in [0.5, 0.6) is 0 Å². The molecule has 11 fully saturated rings. The molecule has 11 saturated heterocycles. The Morgan fingerprint density at radius 2 is 1.27 bits per heavy atom. The second kappa shape index (κ2) is 21.7. The minimum Gasteiger partial charge on any atom is -0.481 e. The Balaban J connectivity index is 0.747. The predicted octanol–water partition coefficient (Wildman–Crippen LogP) is 4.20. The van der Waals surface area contributed by atoms with Crippen molar-refractivity contribution < 1.29 is 107 Å². The highest BCUT2D eigenvalue weighted by Gasteiger charge is 2.65. The lowest BCUT2D eigenvalue weighted by Gasteiger charge is -2.61. The summed E-state index contributed by atoms with van der Waals surface area (Å²) in [5, 5.41) is 33.7. The summed E-state index contributed by atoms with van der Waals surface area (Å²) in [6, 6.07) is 0. The fourth-order valence-electron chi connectivity index (χ4n) is 15.5. The van der Waals surface area contributed by atoms with Gasteiger partial charge in [-0.3, -0.25) is 13.9 Å². The molecule has 0 aromatic rings. The number of aliphatic hydroxyl groups is 2. The zero-order valence-electron chi connectivity index (χ0n) is 46.4. The molecule has 0 aromatic heterocycles. The second-order valence-corrected chi connectivity index (χ2v) is 28.0. The summed E-state index contributed by atoms with van der Waals surface area (Å²) < 4.78 is 151. The Bertz CT molecular complexity index is 2600. The van der Waals surface area contributed by atoms with Crippen LogP contribution in [0.25, 0.3) is 0 Å². The first kappa shape index (κ1) is 59.6. The molecule has 23 nitrogen and oxygen atoms in total. The van der Waals surface area contributed by atoms with Crippen LogP contribution < -0.4 is 0 Å². The Morgan fingerprint density at radius 1 is 0.713 bits per heavy atom.